The van der Waals surface area contributed by atoms with Gasteiger partial charge in [-0.1, -0.05) is 54.0 Å². The second kappa shape index (κ2) is 73.2. The smallest absolute Gasteiger partial charge is 0.481 e. The summed E-state index contributed by atoms with van der Waals surface area (Å²) in [4.78, 5) is 200. The third kappa shape index (κ3) is 49.3. The van der Waals surface area contributed by atoms with Crippen LogP contribution < -0.4 is 21.7 Å². The number of imide groups is 3. The summed E-state index contributed by atoms with van der Waals surface area (Å²) in [6, 6.07) is 1.73. The van der Waals surface area contributed by atoms with E-state index < -0.39 is 71.7 Å². The van der Waals surface area contributed by atoms with Gasteiger partial charge in [-0.25, -0.2) is 28.8 Å². The largest absolute Gasteiger partial charge is 0.534 e. The lowest BCUT2D eigenvalue weighted by Gasteiger charge is -2.26. The van der Waals surface area contributed by atoms with Crippen LogP contribution in [0.5, 0.6) is 0 Å². The number of likely N-dealkylation sites (N-methyl/N-ethyl adjacent to an activating group) is 3. The van der Waals surface area contributed by atoms with Crippen molar-refractivity contribution in [2.75, 3.05) is 195 Å². The maximum Gasteiger partial charge on any atom is 0.534 e. The molecule has 784 valence electrons. The quantitative estimate of drug-likeness (QED) is 0.0147. The molecule has 49 heteroatoms. The van der Waals surface area contributed by atoms with E-state index in [9.17, 15) is 89.9 Å². The van der Waals surface area contributed by atoms with Crippen LogP contribution in [-0.2, 0) is 129 Å². The fourth-order valence-electron chi connectivity index (χ4n) is 14.6. The summed E-state index contributed by atoms with van der Waals surface area (Å²) in [7, 11) is 0. The molecule has 7 N–H and O–H groups in total. The van der Waals surface area contributed by atoms with Gasteiger partial charge >= 0.3 is 54.3 Å². The number of hydrogen-bond acceptors (Lipinski definition) is 35. The first-order valence-electron chi connectivity index (χ1n) is 45.0. The zero-order chi connectivity index (χ0) is 96.4. The molecule has 0 aromatic carbocycles. The fraction of sp³-hybridized carbons (Fsp3) is 0.816. The number of alkyl halides is 3. The highest BCUT2D eigenvalue weighted by Gasteiger charge is 2.51. The van der Waals surface area contributed by atoms with Crippen LogP contribution in [0.4, 0.5) is 32.3 Å². The van der Waals surface area contributed by atoms with Crippen LogP contribution in [0.25, 0.3) is 0 Å². The van der Waals surface area contributed by atoms with Crippen molar-refractivity contribution >= 4 is 130 Å². The van der Waals surface area contributed by atoms with E-state index in [0.29, 0.717) is 215 Å². The van der Waals surface area contributed by atoms with E-state index in [0.717, 1.165) is 88.1 Å². The first-order chi connectivity index (χ1) is 63.5. The van der Waals surface area contributed by atoms with Crippen molar-refractivity contribution in [3.05, 3.63) is 0 Å². The summed E-state index contributed by atoms with van der Waals surface area (Å²) < 4.78 is 97.8. The van der Waals surface area contributed by atoms with E-state index >= 15 is 0 Å². The molecule has 9 saturated heterocycles. The first kappa shape index (κ1) is 126. The number of nitrogens with zero attached hydrogens (tertiary/aromatic N) is 6. The van der Waals surface area contributed by atoms with E-state index in [1.807, 2.05) is 70.8 Å². The van der Waals surface area contributed by atoms with Gasteiger partial charge in [0.05, 0.1) is 181 Å². The van der Waals surface area contributed by atoms with Gasteiger partial charge in [0, 0.05) is 143 Å². The summed E-state index contributed by atoms with van der Waals surface area (Å²) >= 11 is 5.76. The number of carbonyl (C=O) groups is 16. The third-order valence-electron chi connectivity index (χ3n) is 21.0. The molecular weight excluding hydrogens is 1870 g/mol. The number of unbranched alkanes of at least 4 members (excludes halogenated alkanes) is 3. The highest BCUT2D eigenvalue weighted by molar-refractivity contribution is 8.00. The van der Waals surface area contributed by atoms with Crippen molar-refractivity contribution in [1.82, 2.24) is 45.8 Å². The Balaban J connectivity index is 0.000000881. The second-order valence-corrected chi connectivity index (χ2v) is 34.5. The number of fused-ring (bicyclic) bond motifs is 3. The molecule has 9 heterocycles. The Kier molecular flexibility index (Phi) is 67.9. The number of carboxylic acids is 2. The van der Waals surface area contributed by atoms with Gasteiger partial charge in [0.25, 0.3) is 35.4 Å². The molecule has 0 aromatic rings. The second-order valence-electron chi connectivity index (χ2n) is 30.7. The Hall–Kier alpha value is -7.92. The van der Waals surface area contributed by atoms with Gasteiger partial charge < -0.3 is 113 Å². The molecule has 0 saturated carbocycles. The highest BCUT2D eigenvalue weighted by atomic mass is 32.2. The van der Waals surface area contributed by atoms with Crippen LogP contribution in [0.2, 0.25) is 0 Å². The molecule has 9 fully saturated rings. The number of carbonyl (C=O) groups excluding carboxylic acids is 14. The van der Waals surface area contributed by atoms with Crippen LogP contribution in [0.3, 0.4) is 0 Å². The average molecular weight is 2020 g/mol. The zero-order valence-electron chi connectivity index (χ0n) is 75.5. The van der Waals surface area contributed by atoms with Crippen LogP contribution in [0.15, 0.2) is 0 Å². The minimum atomic E-state index is -5.22. The topological polar surface area (TPSA) is 534 Å². The molecule has 9 rings (SSSR count). The maximum atomic E-state index is 12.2. The standard InChI is InChI=1S/C26H41N3O10S.C24H42N2O8S.C16H23N3O5S.C11H23NO6.C6H4F3NO4.4CH4/c1-2-28-24-20(27-25(28)33)18-40-21(24)8-4-3-6-19(30)7-5-11-35-12-13-36-14-15-37-16-17-38-26(34)39-29-22(31)9-10-23(29)32;1-2-26-23-20(25-24(26)30)18-35-21(23)8-4-3-6-19(27)7-5-10-31-12-14-33-16-17-34-15-13-32-11-9-22(28)29;1-2-18-15-10(17-16(18)23)9-25-11(15)5-3-4-6-14(22)24-19-12(20)7-8-13(19)21;12-2-4-16-6-8-18-10-9-17-7-5-15-3-1-11(13)14;7-6(8,9)5(13)14-10-3(11)1-2-4(10)12;;;;/h20-21,24H,2-18H2,1H3,(H,27,33);20-21,23H,2-18H2,1H3,(H,25,30)(H,28,29);10-11,15H,2-9H2,1H3,(H,17,23);1-10,12H2,(H,13,14);1-2H2;4*1H4/t20-,21-,24-;20-,21-,23-;10-,11-,15-;;;;;;/m000....../s1. The number of nitrogens with two attached hydrogens (primary N) is 1. The number of nitrogens with one attached hydrogen (secondary N) is 3. The van der Waals surface area contributed by atoms with E-state index in [2.05, 4.69) is 25.6 Å². The van der Waals surface area contributed by atoms with Crippen molar-refractivity contribution in [1.29, 1.82) is 0 Å². The molecule has 9 aliphatic rings. The van der Waals surface area contributed by atoms with Crippen molar-refractivity contribution in [2.24, 2.45) is 5.73 Å². The third-order valence-corrected chi connectivity index (χ3v) is 25.5. The van der Waals surface area contributed by atoms with Crippen LogP contribution >= 0.6 is 35.3 Å². The normalized spacial score (nSPS) is 20.5. The van der Waals surface area contributed by atoms with E-state index in [-0.39, 0.29) is 173 Å². The van der Waals surface area contributed by atoms with Gasteiger partial charge in [-0.2, -0.15) is 48.5 Å². The molecular formula is C87H149F3N10O33S3. The Bertz CT molecular complexity index is 3530. The molecule has 43 nitrogen and oxygen atoms in total. The highest BCUT2D eigenvalue weighted by Crippen LogP contribution is 2.40. The van der Waals surface area contributed by atoms with E-state index in [1.54, 1.807) is 0 Å². The molecule has 0 aromatic heterocycles. The summed E-state index contributed by atoms with van der Waals surface area (Å²) in [6.45, 7) is 17.8. The number of halogens is 3. The summed E-state index contributed by atoms with van der Waals surface area (Å²) in [5, 5.41) is 28.2. The van der Waals surface area contributed by atoms with Crippen LogP contribution in [0.1, 0.15) is 205 Å². The molecule has 0 bridgehead atoms. The number of thioether (sulfide) groups is 3. The number of rotatable bonds is 64. The molecule has 0 radical (unpaired) electrons. The monoisotopic (exact) mass is 2010 g/mol. The Morgan fingerprint density at radius 3 is 0.912 bits per heavy atom. The number of ether oxygens (including phenoxy) is 12. The molecule has 136 heavy (non-hydrogen) atoms. The van der Waals surface area contributed by atoms with Crippen molar-refractivity contribution < 1.29 is 171 Å². The summed E-state index contributed by atoms with van der Waals surface area (Å²) in [5.74, 6) is -5.37. The number of hydrogen-bond donors (Lipinski definition) is 6. The van der Waals surface area contributed by atoms with E-state index in [1.165, 1.54) is 0 Å². The molecule has 0 unspecified atom stereocenters. The number of Topliss-reactive ketones (excluding diaryl/α,β-unsaturated/α-hetero) is 2. The molecule has 0 aliphatic carbocycles. The Morgan fingerprint density at radius 2 is 0.618 bits per heavy atom. The van der Waals surface area contributed by atoms with Crippen LogP contribution in [0, 0.1) is 0 Å². The number of ketones is 2. The predicted molar refractivity (Wildman–Crippen MR) is 492 cm³/mol. The SMILES string of the molecule is C.C.C.C.CCN1C(=O)N[C@H]2CS[C@@H](CCCCC(=O)CCCOCCOCCOCCOC(=O)ON3C(=O)CCC3=O)[C@H]21.CCN1C(=O)N[C@H]2CS[C@@H](CCCCC(=O)CCCOCCOCCOCCOCCC(=O)O)[C@H]21.CCN1C(=O)N[C@H]2CS[C@@H](CCCCC(=O)ON3C(=O)CCC3=O)[C@H]21.NCCOCCOCCOCCOCCC(=O)O.O=C1CCC(=O)N1OC(=O)C(F)(F)F. The summed E-state index contributed by atoms with van der Waals surface area (Å²) in [5.41, 5.74) is 5.25. The zero-order valence-corrected chi connectivity index (χ0v) is 78.0. The lowest BCUT2D eigenvalue weighted by Crippen LogP contribution is -2.40. The number of carboxylic acid groups (broad SMARTS) is 2. The number of aliphatic carboxylic acids is 2. The summed E-state index contributed by atoms with van der Waals surface area (Å²) in [6.07, 6.45) is 5.58. The lowest BCUT2D eigenvalue weighted by atomic mass is 10.0. The van der Waals surface area contributed by atoms with Gasteiger partial charge in [0.1, 0.15) is 18.2 Å². The minimum absolute atomic E-state index is 0. The molecule has 12 amide bonds. The Morgan fingerprint density at radius 1 is 0.353 bits per heavy atom. The van der Waals surface area contributed by atoms with Crippen LogP contribution in [-0.4, -0.2) is 389 Å². The van der Waals surface area contributed by atoms with E-state index in [4.69, 9.17) is 77.6 Å². The predicted octanol–water partition coefficient (Wildman–Crippen LogP) is 7.63. The number of urea groups is 3. The maximum absolute atomic E-state index is 12.2. The van der Waals surface area contributed by atoms with Gasteiger partial charge in [0.15, 0.2) is 0 Å². The van der Waals surface area contributed by atoms with Gasteiger partial charge in [-0.05, 0) is 72.1 Å². The Labute approximate surface area is 807 Å². The average Bonchev–Trinajstić information content (AvgIpc) is 1.64. The van der Waals surface area contributed by atoms with Crippen molar-refractivity contribution in [3.63, 3.8) is 0 Å². The molecule has 0 spiro atoms. The number of amides is 12. The molecule has 9 aliphatic heterocycles. The van der Waals surface area contributed by atoms with Crippen molar-refractivity contribution in [2.45, 2.75) is 263 Å². The number of hydroxylamine groups is 6. The van der Waals surface area contributed by atoms with Gasteiger partial charge in [-0.3, -0.25) is 52.8 Å². The fourth-order valence-corrected chi connectivity index (χ4v) is 19.4. The first-order valence-corrected chi connectivity index (χ1v) is 48.2. The van der Waals surface area contributed by atoms with Gasteiger partial charge in [0.2, 0.25) is 0 Å². The molecule has 9 atom stereocenters. The van der Waals surface area contributed by atoms with Gasteiger partial charge in [-0.15, -0.1) is 10.1 Å². The minimum Gasteiger partial charge on any atom is -0.481 e. The lowest BCUT2D eigenvalue weighted by molar-refractivity contribution is -0.232. The van der Waals surface area contributed by atoms with Crippen molar-refractivity contribution in [3.8, 4) is 0 Å².